The maximum Gasteiger partial charge on any atom is 0.250 e. The van der Waals surface area contributed by atoms with Crippen LogP contribution in [0.4, 0.5) is 11.9 Å². The van der Waals surface area contributed by atoms with Crippen molar-refractivity contribution in [3.8, 4) is 0 Å². The minimum absolute atomic E-state index is 0.0906. The van der Waals surface area contributed by atoms with E-state index < -0.39 is 0 Å². The summed E-state index contributed by atoms with van der Waals surface area (Å²) in [6.07, 6.45) is 1.90. The zero-order valence-electron chi connectivity index (χ0n) is 11.4. The fraction of sp³-hybridized carbons (Fsp3) is 0.636. The van der Waals surface area contributed by atoms with E-state index in [9.17, 15) is 4.79 Å². The Hall–Kier alpha value is -1.63. The number of rotatable bonds is 7. The topological polar surface area (TPSA) is 83.0 Å². The molecule has 1 rings (SSSR count). The number of nitrogens with zero attached hydrogens (tertiary/aromatic N) is 4. The molecule has 0 saturated heterocycles. The van der Waals surface area contributed by atoms with Crippen molar-refractivity contribution < 1.29 is 4.79 Å². The van der Waals surface area contributed by atoms with Crippen LogP contribution >= 0.6 is 11.6 Å². The second-order valence-corrected chi connectivity index (χ2v) is 4.27. The van der Waals surface area contributed by atoms with Crippen molar-refractivity contribution in [3.63, 3.8) is 0 Å². The van der Waals surface area contributed by atoms with Crippen molar-refractivity contribution in [2.24, 2.45) is 0 Å². The molecule has 0 unspecified atom stereocenters. The summed E-state index contributed by atoms with van der Waals surface area (Å²) < 4.78 is 0. The van der Waals surface area contributed by atoms with E-state index in [1.165, 1.54) is 6.92 Å². The second-order valence-electron chi connectivity index (χ2n) is 3.93. The molecule has 0 atom stereocenters. The number of hydrazine groups is 1. The van der Waals surface area contributed by atoms with Gasteiger partial charge in [0.05, 0.1) is 0 Å². The molecule has 0 fully saturated rings. The number of anilines is 2. The minimum atomic E-state index is -0.183. The van der Waals surface area contributed by atoms with E-state index in [0.717, 1.165) is 12.8 Å². The van der Waals surface area contributed by atoms with Gasteiger partial charge < -0.3 is 5.32 Å². The number of amides is 1. The lowest BCUT2D eigenvalue weighted by molar-refractivity contribution is -0.119. The molecule has 106 valence electrons. The first-order valence-electron chi connectivity index (χ1n) is 6.27. The molecule has 1 amide bonds. The maximum atomic E-state index is 11.2. The van der Waals surface area contributed by atoms with Gasteiger partial charge in [-0.25, -0.2) is 0 Å². The fourth-order valence-electron chi connectivity index (χ4n) is 1.41. The molecular weight excluding hydrogens is 268 g/mol. The van der Waals surface area contributed by atoms with E-state index in [1.54, 1.807) is 5.01 Å². The SMILES string of the molecule is CCCCN(NC(C)=O)c1nc(Cl)nc(NCC)n1. The third-order valence-corrected chi connectivity index (χ3v) is 2.37. The van der Waals surface area contributed by atoms with E-state index in [2.05, 4.69) is 32.6 Å². The van der Waals surface area contributed by atoms with Gasteiger partial charge in [-0.1, -0.05) is 13.3 Å². The van der Waals surface area contributed by atoms with Crippen LogP contribution in [0.2, 0.25) is 5.28 Å². The number of carbonyl (C=O) groups excluding carboxylic acids is 1. The van der Waals surface area contributed by atoms with E-state index >= 15 is 0 Å². The summed E-state index contributed by atoms with van der Waals surface area (Å²) in [5, 5.41) is 4.64. The van der Waals surface area contributed by atoms with E-state index in [-0.39, 0.29) is 11.2 Å². The van der Waals surface area contributed by atoms with Gasteiger partial charge in [-0.3, -0.25) is 15.2 Å². The molecule has 0 aliphatic carbocycles. The van der Waals surface area contributed by atoms with Crippen molar-refractivity contribution in [2.75, 3.05) is 23.4 Å². The molecule has 0 spiro atoms. The highest BCUT2D eigenvalue weighted by molar-refractivity contribution is 6.28. The zero-order chi connectivity index (χ0) is 14.3. The van der Waals surface area contributed by atoms with Crippen LogP contribution in [-0.2, 0) is 4.79 Å². The molecular formula is C11H19ClN6O. The molecule has 0 aliphatic rings. The van der Waals surface area contributed by atoms with Gasteiger partial charge in [-0.15, -0.1) is 0 Å². The Labute approximate surface area is 117 Å². The number of unbranched alkanes of at least 4 members (excludes halogenated alkanes) is 1. The third kappa shape index (κ3) is 5.25. The first kappa shape index (κ1) is 15.4. The molecule has 1 aromatic rings. The summed E-state index contributed by atoms with van der Waals surface area (Å²) in [7, 11) is 0. The Morgan fingerprint density at radius 2 is 2.05 bits per heavy atom. The minimum Gasteiger partial charge on any atom is -0.354 e. The van der Waals surface area contributed by atoms with Crippen LogP contribution < -0.4 is 15.8 Å². The summed E-state index contributed by atoms with van der Waals surface area (Å²) in [4.78, 5) is 23.4. The van der Waals surface area contributed by atoms with Gasteiger partial charge >= 0.3 is 0 Å². The van der Waals surface area contributed by atoms with Crippen molar-refractivity contribution in [2.45, 2.75) is 33.6 Å². The lowest BCUT2D eigenvalue weighted by Gasteiger charge is -2.22. The lowest BCUT2D eigenvalue weighted by atomic mass is 10.3. The number of carbonyl (C=O) groups is 1. The van der Waals surface area contributed by atoms with Gasteiger partial charge in [0.25, 0.3) is 5.95 Å². The van der Waals surface area contributed by atoms with E-state index in [1.807, 2.05) is 6.92 Å². The summed E-state index contributed by atoms with van der Waals surface area (Å²) >= 11 is 5.86. The molecule has 8 heteroatoms. The summed E-state index contributed by atoms with van der Waals surface area (Å²) in [5.74, 6) is 0.543. The molecule has 1 heterocycles. The Bertz CT molecular complexity index is 428. The van der Waals surface area contributed by atoms with Crippen molar-refractivity contribution >= 4 is 29.4 Å². The average Bonchev–Trinajstić information content (AvgIpc) is 2.33. The highest BCUT2D eigenvalue weighted by atomic mass is 35.5. The molecule has 0 aliphatic heterocycles. The standard InChI is InChI=1S/C11H19ClN6O/c1-4-6-7-18(17-8(3)19)11-15-9(12)14-10(16-11)13-5-2/h4-7H2,1-3H3,(H,17,19)(H,13,14,15,16). The summed E-state index contributed by atoms with van der Waals surface area (Å²) in [6, 6.07) is 0. The highest BCUT2D eigenvalue weighted by Crippen LogP contribution is 2.13. The fourth-order valence-corrected chi connectivity index (χ4v) is 1.57. The predicted molar refractivity (Wildman–Crippen MR) is 75.1 cm³/mol. The van der Waals surface area contributed by atoms with Crippen LogP contribution in [0.25, 0.3) is 0 Å². The summed E-state index contributed by atoms with van der Waals surface area (Å²) in [5.41, 5.74) is 2.68. The Balaban J connectivity index is 2.95. The zero-order valence-corrected chi connectivity index (χ0v) is 12.2. The molecule has 0 radical (unpaired) electrons. The predicted octanol–water partition coefficient (Wildman–Crippen LogP) is 1.61. The van der Waals surface area contributed by atoms with Gasteiger partial charge in [0.15, 0.2) is 0 Å². The molecule has 2 N–H and O–H groups in total. The molecule has 0 aromatic carbocycles. The highest BCUT2D eigenvalue weighted by Gasteiger charge is 2.13. The first-order valence-corrected chi connectivity index (χ1v) is 6.64. The van der Waals surface area contributed by atoms with Gasteiger partial charge in [0, 0.05) is 20.0 Å². The van der Waals surface area contributed by atoms with Crippen molar-refractivity contribution in [3.05, 3.63) is 5.28 Å². The smallest absolute Gasteiger partial charge is 0.250 e. The van der Waals surface area contributed by atoms with Crippen LogP contribution in [0, 0.1) is 0 Å². The molecule has 0 bridgehead atoms. The quantitative estimate of drug-likeness (QED) is 0.741. The summed E-state index contributed by atoms with van der Waals surface area (Å²) in [6.45, 7) is 6.72. The first-order chi connectivity index (χ1) is 9.06. The Morgan fingerprint density at radius 3 is 2.63 bits per heavy atom. The third-order valence-electron chi connectivity index (χ3n) is 2.20. The number of hydrogen-bond donors (Lipinski definition) is 2. The number of nitrogens with one attached hydrogen (secondary N) is 2. The van der Waals surface area contributed by atoms with Crippen LogP contribution in [0.5, 0.6) is 0 Å². The number of hydrogen-bond acceptors (Lipinski definition) is 6. The largest absolute Gasteiger partial charge is 0.354 e. The van der Waals surface area contributed by atoms with Crippen LogP contribution in [0.15, 0.2) is 0 Å². The van der Waals surface area contributed by atoms with Gasteiger partial charge in [-0.05, 0) is 24.9 Å². The Morgan fingerprint density at radius 1 is 1.32 bits per heavy atom. The van der Waals surface area contributed by atoms with E-state index in [4.69, 9.17) is 11.6 Å². The molecule has 19 heavy (non-hydrogen) atoms. The van der Waals surface area contributed by atoms with Crippen LogP contribution in [-0.4, -0.2) is 33.9 Å². The van der Waals surface area contributed by atoms with Crippen LogP contribution in [0.3, 0.4) is 0 Å². The normalized spacial score (nSPS) is 10.1. The van der Waals surface area contributed by atoms with Crippen molar-refractivity contribution in [1.82, 2.24) is 20.4 Å². The monoisotopic (exact) mass is 286 g/mol. The van der Waals surface area contributed by atoms with E-state index in [0.29, 0.717) is 25.0 Å². The molecule has 1 aromatic heterocycles. The van der Waals surface area contributed by atoms with Crippen molar-refractivity contribution in [1.29, 1.82) is 0 Å². The van der Waals surface area contributed by atoms with Gasteiger partial charge in [-0.2, -0.15) is 15.0 Å². The molecule has 7 nitrogen and oxygen atoms in total. The van der Waals surface area contributed by atoms with Gasteiger partial charge in [0.2, 0.25) is 17.1 Å². The lowest BCUT2D eigenvalue weighted by Crippen LogP contribution is -2.43. The maximum absolute atomic E-state index is 11.2. The van der Waals surface area contributed by atoms with Crippen LogP contribution in [0.1, 0.15) is 33.6 Å². The molecule has 0 saturated carbocycles. The number of halogens is 1. The average molecular weight is 287 g/mol. The number of aromatic nitrogens is 3. The second kappa shape index (κ2) is 7.73. The Kier molecular flexibility index (Phi) is 6.27. The van der Waals surface area contributed by atoms with Gasteiger partial charge in [0.1, 0.15) is 0 Å².